The maximum Gasteiger partial charge on any atom is 0.0660 e. The van der Waals surface area contributed by atoms with E-state index in [1.54, 1.807) is 0 Å². The van der Waals surface area contributed by atoms with Crippen molar-refractivity contribution in [3.63, 3.8) is 0 Å². The molecule has 1 aromatic carbocycles. The van der Waals surface area contributed by atoms with Crippen molar-refractivity contribution in [2.45, 2.75) is 44.8 Å². The van der Waals surface area contributed by atoms with E-state index in [4.69, 9.17) is 5.73 Å². The molecule has 0 aromatic heterocycles. The van der Waals surface area contributed by atoms with Gasteiger partial charge in [0.1, 0.15) is 0 Å². The average Bonchev–Trinajstić information content (AvgIpc) is 2.30. The molecule has 2 nitrogen and oxygen atoms in total. The van der Waals surface area contributed by atoms with Gasteiger partial charge in [-0.25, -0.2) is 0 Å². The molecule has 0 aliphatic rings. The zero-order chi connectivity index (χ0) is 11.3. The van der Waals surface area contributed by atoms with Crippen molar-refractivity contribution in [3.8, 4) is 0 Å². The van der Waals surface area contributed by atoms with Crippen molar-refractivity contribution >= 4 is 0 Å². The van der Waals surface area contributed by atoms with Gasteiger partial charge in [-0.3, -0.25) is 0 Å². The Kier molecular flexibility index (Phi) is 4.30. The largest absolute Gasteiger partial charge is 0.390 e. The van der Waals surface area contributed by atoms with Gasteiger partial charge in [-0.1, -0.05) is 44.2 Å². The topological polar surface area (TPSA) is 46.2 Å². The second-order valence-corrected chi connectivity index (χ2v) is 4.15. The summed E-state index contributed by atoms with van der Waals surface area (Å²) < 4.78 is 0. The number of hydrogen-bond acceptors (Lipinski definition) is 2. The number of nitrogens with two attached hydrogens (primary N) is 1. The molecule has 1 atom stereocenters. The lowest BCUT2D eigenvalue weighted by Crippen LogP contribution is -2.31. The van der Waals surface area contributed by atoms with Crippen molar-refractivity contribution in [2.75, 3.05) is 0 Å². The lowest BCUT2D eigenvalue weighted by atomic mass is 9.87. The van der Waals surface area contributed by atoms with E-state index in [-0.39, 0.29) is 6.04 Å². The maximum absolute atomic E-state index is 10.2. The first-order valence-corrected chi connectivity index (χ1v) is 5.64. The fourth-order valence-corrected chi connectivity index (χ4v) is 1.77. The molecule has 3 N–H and O–H groups in total. The van der Waals surface area contributed by atoms with Crippen LogP contribution in [0, 0.1) is 0 Å². The van der Waals surface area contributed by atoms with Gasteiger partial charge in [0, 0.05) is 6.04 Å². The van der Waals surface area contributed by atoms with Gasteiger partial charge in [-0.15, -0.1) is 0 Å². The first-order chi connectivity index (χ1) is 7.11. The van der Waals surface area contributed by atoms with E-state index >= 15 is 0 Å². The Balaban J connectivity index is 2.67. The van der Waals surface area contributed by atoms with Crippen LogP contribution in [0.3, 0.4) is 0 Å². The summed E-state index contributed by atoms with van der Waals surface area (Å²) in [5.74, 6) is 0. The van der Waals surface area contributed by atoms with Crippen molar-refractivity contribution in [1.82, 2.24) is 0 Å². The van der Waals surface area contributed by atoms with Gasteiger partial charge < -0.3 is 10.8 Å². The molecule has 1 aromatic rings. The Morgan fingerprint density at radius 1 is 1.20 bits per heavy atom. The molecule has 0 aliphatic carbocycles. The van der Waals surface area contributed by atoms with Crippen LogP contribution in [0.5, 0.6) is 0 Å². The first kappa shape index (κ1) is 12.2. The van der Waals surface area contributed by atoms with E-state index in [0.717, 1.165) is 18.4 Å². The molecule has 0 aliphatic heterocycles. The third-order valence-electron chi connectivity index (χ3n) is 3.14. The Morgan fingerprint density at radius 3 is 2.20 bits per heavy atom. The second-order valence-electron chi connectivity index (χ2n) is 4.15. The van der Waals surface area contributed by atoms with Crippen LogP contribution in [0.4, 0.5) is 0 Å². The summed E-state index contributed by atoms with van der Waals surface area (Å²) in [7, 11) is 0. The Hall–Kier alpha value is -0.860. The third-order valence-corrected chi connectivity index (χ3v) is 3.14. The van der Waals surface area contributed by atoms with E-state index < -0.39 is 5.60 Å². The summed E-state index contributed by atoms with van der Waals surface area (Å²) in [6.07, 6.45) is 2.14. The summed E-state index contributed by atoms with van der Waals surface area (Å²) >= 11 is 0. The van der Waals surface area contributed by atoms with Gasteiger partial charge in [0.15, 0.2) is 0 Å². The van der Waals surface area contributed by atoms with Gasteiger partial charge in [0.25, 0.3) is 0 Å². The van der Waals surface area contributed by atoms with Gasteiger partial charge in [0.05, 0.1) is 5.60 Å². The number of rotatable bonds is 5. The highest BCUT2D eigenvalue weighted by Gasteiger charge is 2.25. The van der Waals surface area contributed by atoms with E-state index in [9.17, 15) is 5.11 Å². The van der Waals surface area contributed by atoms with E-state index in [2.05, 4.69) is 0 Å². The summed E-state index contributed by atoms with van der Waals surface area (Å²) in [5, 5.41) is 10.2. The zero-order valence-corrected chi connectivity index (χ0v) is 9.61. The number of aliphatic hydroxyl groups is 1. The van der Waals surface area contributed by atoms with Crippen LogP contribution in [0.25, 0.3) is 0 Å². The summed E-state index contributed by atoms with van der Waals surface area (Å²) in [4.78, 5) is 0. The van der Waals surface area contributed by atoms with E-state index in [1.165, 1.54) is 0 Å². The van der Waals surface area contributed by atoms with Crippen molar-refractivity contribution in [1.29, 1.82) is 0 Å². The third kappa shape index (κ3) is 3.33. The van der Waals surface area contributed by atoms with Crippen LogP contribution >= 0.6 is 0 Å². The van der Waals surface area contributed by atoms with Crippen molar-refractivity contribution in [2.24, 2.45) is 5.73 Å². The lowest BCUT2D eigenvalue weighted by Gasteiger charge is -2.28. The van der Waals surface area contributed by atoms with Crippen molar-refractivity contribution in [3.05, 3.63) is 35.9 Å². The van der Waals surface area contributed by atoms with Crippen LogP contribution in [0.1, 0.15) is 44.7 Å². The predicted octanol–water partition coefficient (Wildman–Crippen LogP) is 2.63. The summed E-state index contributed by atoms with van der Waals surface area (Å²) in [6.45, 7) is 4.00. The number of benzene rings is 1. The summed E-state index contributed by atoms with van der Waals surface area (Å²) in [6, 6.07) is 9.88. The van der Waals surface area contributed by atoms with Gasteiger partial charge >= 0.3 is 0 Å². The minimum Gasteiger partial charge on any atom is -0.390 e. The first-order valence-electron chi connectivity index (χ1n) is 5.64. The fourth-order valence-electron chi connectivity index (χ4n) is 1.77. The molecule has 0 saturated carbocycles. The van der Waals surface area contributed by atoms with Crippen molar-refractivity contribution < 1.29 is 5.11 Å². The average molecular weight is 207 g/mol. The van der Waals surface area contributed by atoms with E-state index in [0.29, 0.717) is 6.42 Å². The molecule has 0 heterocycles. The molecule has 0 saturated heterocycles. The number of hydrogen-bond donors (Lipinski definition) is 2. The maximum atomic E-state index is 10.2. The van der Waals surface area contributed by atoms with Gasteiger partial charge in [-0.05, 0) is 24.8 Å². The molecule has 0 radical (unpaired) electrons. The molecule has 84 valence electrons. The van der Waals surface area contributed by atoms with Crippen LogP contribution < -0.4 is 5.73 Å². The molecule has 0 bridgehead atoms. The molecular weight excluding hydrogens is 186 g/mol. The molecular formula is C13H21NO. The smallest absolute Gasteiger partial charge is 0.0660 e. The van der Waals surface area contributed by atoms with E-state index in [1.807, 2.05) is 44.2 Å². The van der Waals surface area contributed by atoms with Crippen LogP contribution in [-0.4, -0.2) is 10.7 Å². The highest BCUT2D eigenvalue weighted by atomic mass is 16.3. The normalized spacial score (nSPS) is 13.9. The minimum atomic E-state index is -0.616. The fraction of sp³-hybridized carbons (Fsp3) is 0.538. The SMILES string of the molecule is CCC(O)(CC)C[C@@H](N)c1ccccc1. The van der Waals surface area contributed by atoms with Gasteiger partial charge in [-0.2, -0.15) is 0 Å². The second kappa shape index (κ2) is 5.29. The Labute approximate surface area is 92.1 Å². The molecule has 1 rings (SSSR count). The highest BCUT2D eigenvalue weighted by Crippen LogP contribution is 2.26. The summed E-state index contributed by atoms with van der Waals surface area (Å²) in [5.41, 5.74) is 6.55. The Morgan fingerprint density at radius 2 is 1.73 bits per heavy atom. The lowest BCUT2D eigenvalue weighted by molar-refractivity contribution is 0.0171. The predicted molar refractivity (Wildman–Crippen MR) is 63.5 cm³/mol. The zero-order valence-electron chi connectivity index (χ0n) is 9.61. The Bertz CT molecular complexity index is 280. The van der Waals surface area contributed by atoms with Crippen LogP contribution in [-0.2, 0) is 0 Å². The molecule has 0 fully saturated rings. The van der Waals surface area contributed by atoms with Gasteiger partial charge in [0.2, 0.25) is 0 Å². The van der Waals surface area contributed by atoms with Crippen LogP contribution in [0.2, 0.25) is 0 Å². The minimum absolute atomic E-state index is 0.0731. The van der Waals surface area contributed by atoms with Crippen LogP contribution in [0.15, 0.2) is 30.3 Å². The molecule has 0 unspecified atom stereocenters. The molecule has 0 spiro atoms. The molecule has 15 heavy (non-hydrogen) atoms. The quantitative estimate of drug-likeness (QED) is 0.779. The monoisotopic (exact) mass is 207 g/mol. The highest BCUT2D eigenvalue weighted by molar-refractivity contribution is 5.18. The molecule has 2 heteroatoms. The standard InChI is InChI=1S/C13H21NO/c1-3-13(15,4-2)10-12(14)11-8-6-5-7-9-11/h5-9,12,15H,3-4,10,14H2,1-2H3/t12-/m1/s1. The molecule has 0 amide bonds.